The number of nitrogens with zero attached hydrogens (tertiary/aromatic N) is 4. The van der Waals surface area contributed by atoms with Gasteiger partial charge in [0.2, 0.25) is 10.0 Å². The molecule has 2 aliphatic heterocycles. The van der Waals surface area contributed by atoms with Gasteiger partial charge < -0.3 is 15.1 Å². The van der Waals surface area contributed by atoms with Crippen LogP contribution in [-0.2, 0) is 23.1 Å². The van der Waals surface area contributed by atoms with Crippen LogP contribution in [0.25, 0.3) is 0 Å². The second-order valence-corrected chi connectivity index (χ2v) is 13.7. The molecule has 3 aromatic carbocycles. The molecule has 0 unspecified atom stereocenters. The molecule has 0 spiro atoms. The highest BCUT2D eigenvalue weighted by Crippen LogP contribution is 2.32. The fourth-order valence-corrected chi connectivity index (χ4v) is 8.31. The number of amides is 2. The summed E-state index contributed by atoms with van der Waals surface area (Å²) in [6.07, 6.45) is 0. The van der Waals surface area contributed by atoms with E-state index in [4.69, 9.17) is 0 Å². The summed E-state index contributed by atoms with van der Waals surface area (Å²) < 4.78 is 29.0. The lowest BCUT2D eigenvalue weighted by Gasteiger charge is -2.36. The number of rotatable bonds is 7. The van der Waals surface area contributed by atoms with Gasteiger partial charge in [-0.3, -0.25) is 4.90 Å². The molecule has 0 atom stereocenters. The third kappa shape index (κ3) is 6.59. The predicted octanol–water partition coefficient (Wildman–Crippen LogP) is 4.77. The molecule has 1 N–H and O–H groups in total. The first-order valence-corrected chi connectivity index (χ1v) is 16.7. The molecule has 2 amide bonds. The lowest BCUT2D eigenvalue weighted by atomic mass is 9.95. The molecule has 0 bridgehead atoms. The Morgan fingerprint density at radius 1 is 0.674 bits per heavy atom. The number of nitrogens with one attached hydrogen (secondary N) is 1. The molecule has 9 heteroatoms. The van der Waals surface area contributed by atoms with Gasteiger partial charge >= 0.3 is 6.03 Å². The van der Waals surface area contributed by atoms with Gasteiger partial charge in [-0.25, -0.2) is 13.2 Å². The van der Waals surface area contributed by atoms with Crippen molar-refractivity contribution in [2.24, 2.45) is 0 Å². The van der Waals surface area contributed by atoms with Crippen LogP contribution in [-0.4, -0.2) is 80.9 Å². The van der Waals surface area contributed by atoms with E-state index in [1.807, 2.05) is 40.7 Å². The van der Waals surface area contributed by atoms with Gasteiger partial charge in [-0.05, 0) is 85.7 Å². The molecule has 2 heterocycles. The average Bonchev–Trinajstić information content (AvgIpc) is 3.03. The van der Waals surface area contributed by atoms with E-state index in [1.54, 1.807) is 4.90 Å². The molecule has 5 rings (SSSR count). The number of benzene rings is 3. The Labute approximate surface area is 257 Å². The molecule has 2 saturated heterocycles. The van der Waals surface area contributed by atoms with E-state index in [1.165, 1.54) is 15.6 Å². The van der Waals surface area contributed by atoms with E-state index < -0.39 is 10.0 Å². The third-order valence-electron chi connectivity index (χ3n) is 9.49. The summed E-state index contributed by atoms with van der Waals surface area (Å²) in [5, 5.41) is 3.09. The van der Waals surface area contributed by atoms with Crippen molar-refractivity contribution in [1.29, 1.82) is 0 Å². The maximum absolute atomic E-state index is 13.7. The number of hydrogen-bond donors (Lipinski definition) is 1. The highest BCUT2D eigenvalue weighted by molar-refractivity contribution is 7.89. The molecule has 2 fully saturated rings. The maximum atomic E-state index is 13.7. The monoisotopic (exact) mass is 603 g/mol. The zero-order valence-corrected chi connectivity index (χ0v) is 27.0. The number of sulfonamides is 1. The van der Waals surface area contributed by atoms with Gasteiger partial charge in [-0.2, -0.15) is 4.31 Å². The number of anilines is 1. The van der Waals surface area contributed by atoms with E-state index in [-0.39, 0.29) is 19.1 Å². The molecule has 2 aliphatic rings. The van der Waals surface area contributed by atoms with Gasteiger partial charge in [0.15, 0.2) is 0 Å². The zero-order chi connectivity index (χ0) is 30.7. The van der Waals surface area contributed by atoms with Crippen molar-refractivity contribution in [2.45, 2.75) is 52.6 Å². The van der Waals surface area contributed by atoms with Crippen LogP contribution in [0.2, 0.25) is 0 Å². The normalized spacial score (nSPS) is 16.9. The zero-order valence-electron chi connectivity index (χ0n) is 26.2. The minimum Gasteiger partial charge on any atom is -0.369 e. The van der Waals surface area contributed by atoms with Crippen molar-refractivity contribution in [2.75, 3.05) is 57.3 Å². The molecule has 3 aromatic rings. The molecule has 0 saturated carbocycles. The van der Waals surface area contributed by atoms with Crippen molar-refractivity contribution < 1.29 is 13.2 Å². The number of para-hydroxylation sites is 1. The average molecular weight is 604 g/mol. The van der Waals surface area contributed by atoms with Crippen molar-refractivity contribution in [3.05, 3.63) is 93.5 Å². The van der Waals surface area contributed by atoms with E-state index in [0.29, 0.717) is 24.5 Å². The summed E-state index contributed by atoms with van der Waals surface area (Å²) >= 11 is 0. The number of piperazine rings is 2. The minimum absolute atomic E-state index is 0.155. The number of hydrogen-bond acceptors (Lipinski definition) is 5. The van der Waals surface area contributed by atoms with Crippen molar-refractivity contribution >= 4 is 21.7 Å². The van der Waals surface area contributed by atoms with E-state index in [2.05, 4.69) is 63.6 Å². The van der Waals surface area contributed by atoms with Crippen LogP contribution in [0.15, 0.2) is 59.5 Å². The fourth-order valence-electron chi connectivity index (χ4n) is 6.32. The maximum Gasteiger partial charge on any atom is 0.317 e. The molecule has 230 valence electrons. The molecule has 0 aliphatic carbocycles. The summed E-state index contributed by atoms with van der Waals surface area (Å²) in [5.41, 5.74) is 8.43. The Bertz CT molecular complexity index is 1530. The first-order valence-electron chi connectivity index (χ1n) is 15.3. The Kier molecular flexibility index (Phi) is 9.44. The van der Waals surface area contributed by atoms with Crippen LogP contribution >= 0.6 is 0 Å². The van der Waals surface area contributed by atoms with Crippen LogP contribution < -0.4 is 10.2 Å². The Balaban J connectivity index is 1.15. The highest BCUT2D eigenvalue weighted by Gasteiger charge is 2.33. The Hall–Kier alpha value is -3.40. The first kappa shape index (κ1) is 31.0. The van der Waals surface area contributed by atoms with Crippen molar-refractivity contribution in [3.8, 4) is 0 Å². The van der Waals surface area contributed by atoms with Crippen LogP contribution in [0.4, 0.5) is 10.5 Å². The lowest BCUT2D eigenvalue weighted by Crippen LogP contribution is -2.53. The Morgan fingerprint density at radius 3 is 1.81 bits per heavy atom. The molecule has 43 heavy (non-hydrogen) atoms. The van der Waals surface area contributed by atoms with Gasteiger partial charge in [0, 0.05) is 71.1 Å². The SMILES string of the molecule is Cc1c(C)c(C)c(S(=O)(=O)N2CCN(C(=O)NCc3ccccc3CN3CCN(c4ccccc4)CC3)CC2)c(C)c1C. The van der Waals surface area contributed by atoms with Gasteiger partial charge in [0.25, 0.3) is 0 Å². The smallest absolute Gasteiger partial charge is 0.317 e. The van der Waals surface area contributed by atoms with Crippen molar-refractivity contribution in [3.63, 3.8) is 0 Å². The van der Waals surface area contributed by atoms with Crippen LogP contribution in [0, 0.1) is 34.6 Å². The lowest BCUT2D eigenvalue weighted by molar-refractivity contribution is 0.172. The first-order chi connectivity index (χ1) is 20.6. The summed E-state index contributed by atoms with van der Waals surface area (Å²) in [6, 6.07) is 18.7. The Morgan fingerprint density at radius 2 is 1.21 bits per heavy atom. The topological polar surface area (TPSA) is 76.2 Å². The molecule has 0 radical (unpaired) electrons. The summed E-state index contributed by atoms with van der Waals surface area (Å²) in [6.45, 7) is 16.4. The molecular weight excluding hydrogens is 558 g/mol. The fraction of sp³-hybridized carbons (Fsp3) is 0.441. The summed E-state index contributed by atoms with van der Waals surface area (Å²) in [4.78, 5) is 20.2. The minimum atomic E-state index is -3.66. The van der Waals surface area contributed by atoms with Crippen LogP contribution in [0.3, 0.4) is 0 Å². The van der Waals surface area contributed by atoms with Gasteiger partial charge in [-0.1, -0.05) is 42.5 Å². The molecule has 8 nitrogen and oxygen atoms in total. The van der Waals surface area contributed by atoms with E-state index in [0.717, 1.165) is 66.1 Å². The second kappa shape index (κ2) is 13.1. The predicted molar refractivity (Wildman–Crippen MR) is 173 cm³/mol. The number of urea groups is 1. The highest BCUT2D eigenvalue weighted by atomic mass is 32.2. The second-order valence-electron chi connectivity index (χ2n) is 11.9. The van der Waals surface area contributed by atoms with Crippen molar-refractivity contribution in [1.82, 2.24) is 19.4 Å². The van der Waals surface area contributed by atoms with Gasteiger partial charge in [0.1, 0.15) is 0 Å². The summed E-state index contributed by atoms with van der Waals surface area (Å²) in [7, 11) is -3.66. The molecule has 0 aromatic heterocycles. The molecular formula is C34H45N5O3S. The van der Waals surface area contributed by atoms with Crippen LogP contribution in [0.5, 0.6) is 0 Å². The quantitative estimate of drug-likeness (QED) is 0.421. The third-order valence-corrected chi connectivity index (χ3v) is 11.7. The summed E-state index contributed by atoms with van der Waals surface area (Å²) in [5.74, 6) is 0. The van der Waals surface area contributed by atoms with E-state index in [9.17, 15) is 13.2 Å². The largest absolute Gasteiger partial charge is 0.369 e. The van der Waals surface area contributed by atoms with Gasteiger partial charge in [0.05, 0.1) is 4.90 Å². The van der Waals surface area contributed by atoms with Gasteiger partial charge in [-0.15, -0.1) is 0 Å². The van der Waals surface area contributed by atoms with E-state index >= 15 is 0 Å². The number of carbonyl (C=O) groups is 1. The standard InChI is InChI=1S/C34H45N5O3S/c1-25-26(2)28(4)33(29(5)27(25)3)43(41,42)39-21-19-38(20-22-39)34(40)35-23-30-11-9-10-12-31(30)24-36-15-17-37(18-16-36)32-13-7-6-8-14-32/h6-14H,15-24H2,1-5H3,(H,35,40). The van der Waals surface area contributed by atoms with Crippen LogP contribution in [0.1, 0.15) is 38.9 Å². The number of carbonyl (C=O) groups excluding carboxylic acids is 1.